The Labute approximate surface area is 159 Å². The molecule has 0 bridgehead atoms. The number of rotatable bonds is 10. The van der Waals surface area contributed by atoms with Crippen LogP contribution in [-0.4, -0.2) is 49.7 Å². The molecule has 0 amide bonds. The molecule has 0 N–H and O–H groups in total. The topological polar surface area (TPSA) is 80.3 Å². The molecule has 1 atom stereocenters. The normalized spacial score (nSPS) is 11.1. The van der Waals surface area contributed by atoms with Gasteiger partial charge in [-0.3, -0.25) is 0 Å². The van der Waals surface area contributed by atoms with Crippen LogP contribution in [0.2, 0.25) is 0 Å². The van der Waals surface area contributed by atoms with Gasteiger partial charge in [0.2, 0.25) is 0 Å². The van der Waals surface area contributed by atoms with E-state index in [0.717, 1.165) is 38.5 Å². The van der Waals surface area contributed by atoms with E-state index in [0.29, 0.717) is 12.3 Å². The van der Waals surface area contributed by atoms with Crippen molar-refractivity contribution in [2.24, 2.45) is 11.8 Å². The quantitative estimate of drug-likeness (QED) is 0.450. The number of hydrogen-bond donors (Lipinski definition) is 0. The number of carbonyl (C=O) groups excluding carboxylic acids is 2. The molecule has 0 rings (SSSR count). The summed E-state index contributed by atoms with van der Waals surface area (Å²) in [4.78, 5) is 20.3. The Bertz CT molecular complexity index is 255. The summed E-state index contributed by atoms with van der Waals surface area (Å²) in [6, 6.07) is 0. The molecule has 0 heterocycles. The van der Waals surface area contributed by atoms with E-state index in [4.69, 9.17) is 0 Å². The van der Waals surface area contributed by atoms with E-state index >= 15 is 0 Å². The summed E-state index contributed by atoms with van der Waals surface area (Å²) in [5.41, 5.74) is 0. The van der Waals surface area contributed by atoms with Crippen LogP contribution in [0.1, 0.15) is 79.1 Å². The smallest absolute Gasteiger partial charge is 0.550 e. The van der Waals surface area contributed by atoms with E-state index < -0.39 is 11.9 Å². The number of unbranched alkanes of at least 4 members (excludes halogenated alkanes) is 2. The minimum Gasteiger partial charge on any atom is -0.550 e. The van der Waals surface area contributed by atoms with Crippen LogP contribution in [0.3, 0.4) is 0 Å². The number of hydrogen-bond acceptors (Lipinski definition) is 4. The molecule has 120 valence electrons. The van der Waals surface area contributed by atoms with Crippen LogP contribution in [0.15, 0.2) is 0 Å². The van der Waals surface area contributed by atoms with Gasteiger partial charge in [0.15, 0.2) is 0 Å². The summed E-state index contributed by atoms with van der Waals surface area (Å²) in [5, 5.41) is 20.3. The summed E-state index contributed by atoms with van der Waals surface area (Å²) in [5.74, 6) is -1.36. The third-order valence-corrected chi connectivity index (χ3v) is 3.14. The Balaban J connectivity index is -0.000000295. The Morgan fingerprint density at radius 3 is 1.86 bits per heavy atom. The van der Waals surface area contributed by atoms with Crippen molar-refractivity contribution in [3.05, 3.63) is 0 Å². The van der Waals surface area contributed by atoms with Gasteiger partial charge in [0.05, 0.1) is 0 Å². The minimum absolute atomic E-state index is 0. The number of carboxylic acid groups (broad SMARTS) is 2. The van der Waals surface area contributed by atoms with E-state index in [1.54, 1.807) is 0 Å². The van der Waals surface area contributed by atoms with Crippen molar-refractivity contribution in [3.8, 4) is 0 Å². The second-order valence-corrected chi connectivity index (χ2v) is 5.58. The molecule has 5 heteroatoms. The molecule has 0 aliphatic rings. The Kier molecular flexibility index (Phi) is 22.7. The van der Waals surface area contributed by atoms with Crippen LogP contribution >= 0.6 is 0 Å². The second kappa shape index (κ2) is 18.2. The van der Waals surface area contributed by atoms with Crippen LogP contribution in [0.25, 0.3) is 0 Å². The summed E-state index contributed by atoms with van der Waals surface area (Å²) in [7, 11) is 0. The van der Waals surface area contributed by atoms with E-state index in [1.807, 2.05) is 6.92 Å². The molecule has 0 spiro atoms. The molecule has 0 saturated carbocycles. The first-order valence-corrected chi connectivity index (χ1v) is 7.75. The summed E-state index contributed by atoms with van der Waals surface area (Å²) in [6.45, 7) is 8.22. The summed E-state index contributed by atoms with van der Waals surface area (Å²) >= 11 is 0. The van der Waals surface area contributed by atoms with Crippen molar-refractivity contribution in [2.45, 2.75) is 79.1 Å². The number of carbonyl (C=O) groups is 2. The van der Waals surface area contributed by atoms with Crippen LogP contribution < -0.4 is 10.2 Å². The maximum absolute atomic E-state index is 10.3. The maximum atomic E-state index is 10.3. The molecule has 0 aromatic rings. The molecular weight excluding hydrogens is 296 g/mol. The van der Waals surface area contributed by atoms with Gasteiger partial charge in [0, 0.05) is 11.9 Å². The summed E-state index contributed by atoms with van der Waals surface area (Å²) < 4.78 is 0. The van der Waals surface area contributed by atoms with Crippen LogP contribution in [0, 0.1) is 11.8 Å². The van der Waals surface area contributed by atoms with Gasteiger partial charge in [-0.1, -0.05) is 53.4 Å². The third-order valence-electron chi connectivity index (χ3n) is 3.14. The molecular formula is C16H30CaO4. The molecule has 21 heavy (non-hydrogen) atoms. The van der Waals surface area contributed by atoms with E-state index in [-0.39, 0.29) is 50.1 Å². The molecule has 0 aliphatic heterocycles. The SMILES string of the molecule is CC(C)CCCCC(=O)[O-].CCCCC(CC)C(=O)[O-].[Ca+2]. The van der Waals surface area contributed by atoms with Crippen LogP contribution in [0.5, 0.6) is 0 Å². The first-order valence-electron chi connectivity index (χ1n) is 7.75. The van der Waals surface area contributed by atoms with Gasteiger partial charge in [-0.05, 0) is 37.5 Å². The molecule has 0 radical (unpaired) electrons. The average molecular weight is 326 g/mol. The zero-order chi connectivity index (χ0) is 16.0. The average Bonchev–Trinajstić information content (AvgIpc) is 2.35. The number of carboxylic acids is 2. The molecule has 0 saturated heterocycles. The minimum atomic E-state index is -0.927. The Morgan fingerprint density at radius 2 is 1.52 bits per heavy atom. The predicted molar refractivity (Wildman–Crippen MR) is 82.4 cm³/mol. The standard InChI is InChI=1S/2C8H16O2.Ca/c1-7(2)5-3-4-6-8(9)10;1-3-5-6-7(4-2)8(9)10;/h2*7H,3-6H2,1-2H3,(H,9,10);/q;;+2/p-2. The van der Waals surface area contributed by atoms with Gasteiger partial charge in [-0.25, -0.2) is 0 Å². The van der Waals surface area contributed by atoms with E-state index in [2.05, 4.69) is 20.8 Å². The third kappa shape index (κ3) is 22.6. The molecule has 4 nitrogen and oxygen atoms in total. The van der Waals surface area contributed by atoms with E-state index in [1.165, 1.54) is 0 Å². The van der Waals surface area contributed by atoms with Gasteiger partial charge in [-0.15, -0.1) is 0 Å². The maximum Gasteiger partial charge on any atom is 2.00 e. The fourth-order valence-corrected chi connectivity index (χ4v) is 1.76. The van der Waals surface area contributed by atoms with Crippen molar-refractivity contribution < 1.29 is 19.8 Å². The first kappa shape index (κ1) is 26.1. The largest absolute Gasteiger partial charge is 2.00 e. The fourth-order valence-electron chi connectivity index (χ4n) is 1.76. The molecule has 1 unspecified atom stereocenters. The van der Waals surface area contributed by atoms with Gasteiger partial charge >= 0.3 is 37.7 Å². The van der Waals surface area contributed by atoms with Crippen LogP contribution in [0.4, 0.5) is 0 Å². The van der Waals surface area contributed by atoms with Gasteiger partial charge in [0.25, 0.3) is 0 Å². The summed E-state index contributed by atoms with van der Waals surface area (Å²) in [6.07, 6.45) is 6.63. The van der Waals surface area contributed by atoms with Crippen molar-refractivity contribution in [3.63, 3.8) is 0 Å². The zero-order valence-electron chi connectivity index (χ0n) is 14.2. The first-order chi connectivity index (χ1) is 9.34. The fraction of sp³-hybridized carbons (Fsp3) is 0.875. The molecule has 0 fully saturated rings. The van der Waals surface area contributed by atoms with Crippen molar-refractivity contribution in [2.75, 3.05) is 0 Å². The Hall–Kier alpha value is 0.200. The molecule has 0 aromatic heterocycles. The predicted octanol–water partition coefficient (Wildman–Crippen LogP) is 1.52. The van der Waals surface area contributed by atoms with Gasteiger partial charge in [-0.2, -0.15) is 0 Å². The van der Waals surface area contributed by atoms with Gasteiger partial charge in [0.1, 0.15) is 0 Å². The van der Waals surface area contributed by atoms with Crippen molar-refractivity contribution in [1.29, 1.82) is 0 Å². The van der Waals surface area contributed by atoms with Gasteiger partial charge < -0.3 is 19.8 Å². The molecule has 0 aliphatic carbocycles. The zero-order valence-corrected chi connectivity index (χ0v) is 16.4. The van der Waals surface area contributed by atoms with Crippen molar-refractivity contribution in [1.82, 2.24) is 0 Å². The number of aliphatic carboxylic acids is 2. The monoisotopic (exact) mass is 326 g/mol. The van der Waals surface area contributed by atoms with Crippen LogP contribution in [-0.2, 0) is 9.59 Å². The Morgan fingerprint density at radius 1 is 0.952 bits per heavy atom. The second-order valence-electron chi connectivity index (χ2n) is 5.58. The van der Waals surface area contributed by atoms with E-state index in [9.17, 15) is 19.8 Å². The molecule has 0 aromatic carbocycles. The van der Waals surface area contributed by atoms with Crippen molar-refractivity contribution >= 4 is 49.7 Å².